The first kappa shape index (κ1) is 21.9. The Kier molecular flexibility index (Phi) is 5.88. The van der Waals surface area contributed by atoms with E-state index in [0.717, 1.165) is 22.4 Å². The Morgan fingerprint density at radius 2 is 1.62 bits per heavy atom. The zero-order valence-electron chi connectivity index (χ0n) is 19.2. The van der Waals surface area contributed by atoms with Gasteiger partial charge in [0.25, 0.3) is 0 Å². The Balaban J connectivity index is 1.67. The van der Waals surface area contributed by atoms with Crippen molar-refractivity contribution in [3.8, 4) is 11.5 Å². The monoisotopic (exact) mass is 454 g/mol. The van der Waals surface area contributed by atoms with E-state index < -0.39 is 0 Å². The highest BCUT2D eigenvalue weighted by Gasteiger charge is 2.43. The topological polar surface area (TPSA) is 68.7 Å². The molecule has 2 unspecified atom stereocenters. The van der Waals surface area contributed by atoms with Crippen LogP contribution in [0, 0.1) is 0 Å². The molecule has 6 nitrogen and oxygen atoms in total. The van der Waals surface area contributed by atoms with Crippen LogP contribution in [-0.2, 0) is 9.59 Å². The normalized spacial score (nSPS) is 20.2. The average molecular weight is 455 g/mol. The third-order valence-corrected chi connectivity index (χ3v) is 6.74. The van der Waals surface area contributed by atoms with Crippen molar-refractivity contribution in [2.45, 2.75) is 31.1 Å². The molecule has 0 fully saturated rings. The molecular weight excluding hydrogens is 428 g/mol. The Labute approximate surface area is 198 Å². The van der Waals surface area contributed by atoms with Gasteiger partial charge in [-0.2, -0.15) is 0 Å². The Bertz CT molecular complexity index is 1250. The summed E-state index contributed by atoms with van der Waals surface area (Å²) in [6, 6.07) is 19.2. The minimum atomic E-state index is -0.282. The van der Waals surface area contributed by atoms with E-state index >= 15 is 0 Å². The van der Waals surface area contributed by atoms with Crippen LogP contribution in [0.4, 0.5) is 5.69 Å². The van der Waals surface area contributed by atoms with Crippen LogP contribution in [0.25, 0.3) is 0 Å². The van der Waals surface area contributed by atoms with E-state index in [9.17, 15) is 9.59 Å². The molecule has 1 amide bonds. The number of hydrogen-bond donors (Lipinski definition) is 0. The molecule has 0 N–H and O–H groups in total. The van der Waals surface area contributed by atoms with Crippen molar-refractivity contribution in [3.63, 3.8) is 0 Å². The molecule has 0 spiro atoms. The summed E-state index contributed by atoms with van der Waals surface area (Å²) in [7, 11) is 3.16. The molecule has 0 bridgehead atoms. The second-order valence-corrected chi connectivity index (χ2v) is 8.60. The van der Waals surface area contributed by atoms with E-state index in [1.807, 2.05) is 48.5 Å². The van der Waals surface area contributed by atoms with Crippen LogP contribution >= 0.6 is 0 Å². The zero-order valence-corrected chi connectivity index (χ0v) is 19.2. The van der Waals surface area contributed by atoms with E-state index in [-0.39, 0.29) is 29.9 Å². The number of carbonyl (C=O) groups is 2. The van der Waals surface area contributed by atoms with Gasteiger partial charge in [0.2, 0.25) is 5.91 Å². The maximum Gasteiger partial charge on any atom is 0.232 e. The fraction of sp³-hybridized carbons (Fsp3) is 0.250. The fourth-order valence-electron chi connectivity index (χ4n) is 5.13. The highest BCUT2D eigenvalue weighted by atomic mass is 16.5. The molecule has 1 aliphatic carbocycles. The van der Waals surface area contributed by atoms with Gasteiger partial charge < -0.3 is 9.47 Å². The number of carbonyl (C=O) groups excluding carboxylic acids is 2. The number of ketones is 1. The number of Topliss-reactive ketones (excluding diaryl/α,β-unsaturated/α-hetero) is 1. The SMILES string of the molecule is COc1ccc(N2C(=O)CC(c3ccncc3)C3=C2CC(c2ccccc2)CC3=O)c(OC)c1. The largest absolute Gasteiger partial charge is 0.497 e. The number of amides is 1. The Hall–Kier alpha value is -3.93. The highest BCUT2D eigenvalue weighted by Crippen LogP contribution is 2.48. The van der Waals surface area contributed by atoms with E-state index in [4.69, 9.17) is 9.47 Å². The summed E-state index contributed by atoms with van der Waals surface area (Å²) >= 11 is 0. The van der Waals surface area contributed by atoms with Gasteiger partial charge in [-0.15, -0.1) is 0 Å². The summed E-state index contributed by atoms with van der Waals surface area (Å²) < 4.78 is 11.0. The van der Waals surface area contributed by atoms with Gasteiger partial charge in [-0.3, -0.25) is 19.5 Å². The minimum absolute atomic E-state index is 0.00295. The third kappa shape index (κ3) is 3.85. The summed E-state index contributed by atoms with van der Waals surface area (Å²) in [5.74, 6) is 0.901. The molecule has 0 radical (unpaired) electrons. The number of methoxy groups -OCH3 is 2. The molecule has 1 aliphatic heterocycles. The lowest BCUT2D eigenvalue weighted by Crippen LogP contribution is -2.42. The molecule has 0 saturated carbocycles. The van der Waals surface area contributed by atoms with Gasteiger partial charge >= 0.3 is 0 Å². The maximum atomic E-state index is 13.7. The Morgan fingerprint density at radius 3 is 2.32 bits per heavy atom. The molecule has 0 saturated heterocycles. The van der Waals surface area contributed by atoms with Crippen molar-refractivity contribution in [2.75, 3.05) is 19.1 Å². The lowest BCUT2D eigenvalue weighted by atomic mass is 9.73. The number of nitrogens with zero attached hydrogens (tertiary/aromatic N) is 2. The maximum absolute atomic E-state index is 13.7. The number of pyridine rings is 1. The van der Waals surface area contributed by atoms with Crippen molar-refractivity contribution in [3.05, 3.63) is 95.5 Å². The number of anilines is 1. The second kappa shape index (κ2) is 9.14. The summed E-state index contributed by atoms with van der Waals surface area (Å²) in [6.45, 7) is 0. The standard InChI is InChI=1S/C28H26N2O4/c1-33-21-8-9-23(26(16-21)34-2)30-24-14-20(18-6-4-3-5-7-18)15-25(31)28(24)22(17-27(30)32)19-10-12-29-13-11-19/h3-13,16,20,22H,14-15,17H2,1-2H3. The van der Waals surface area contributed by atoms with Crippen molar-refractivity contribution in [1.82, 2.24) is 4.98 Å². The van der Waals surface area contributed by atoms with Gasteiger partial charge in [0.05, 0.1) is 19.9 Å². The number of aromatic nitrogens is 1. The molecule has 3 aromatic rings. The molecular formula is C28H26N2O4. The predicted molar refractivity (Wildman–Crippen MR) is 129 cm³/mol. The van der Waals surface area contributed by atoms with E-state index in [1.54, 1.807) is 43.6 Å². The van der Waals surface area contributed by atoms with Crippen LogP contribution in [0.5, 0.6) is 11.5 Å². The number of rotatable bonds is 5. The minimum Gasteiger partial charge on any atom is -0.497 e. The highest BCUT2D eigenvalue weighted by molar-refractivity contribution is 6.08. The van der Waals surface area contributed by atoms with E-state index in [2.05, 4.69) is 4.98 Å². The summed E-state index contributed by atoms with van der Waals surface area (Å²) in [6.07, 6.45) is 4.64. The van der Waals surface area contributed by atoms with Crippen LogP contribution < -0.4 is 14.4 Å². The van der Waals surface area contributed by atoms with Crippen LogP contribution in [0.1, 0.15) is 42.2 Å². The summed E-state index contributed by atoms with van der Waals surface area (Å²) in [5, 5.41) is 0. The molecule has 34 heavy (non-hydrogen) atoms. The van der Waals surface area contributed by atoms with E-state index in [1.165, 1.54) is 0 Å². The lowest BCUT2D eigenvalue weighted by molar-refractivity contribution is -0.120. The number of hydrogen-bond acceptors (Lipinski definition) is 5. The second-order valence-electron chi connectivity index (χ2n) is 8.60. The molecule has 5 rings (SSSR count). The summed E-state index contributed by atoms with van der Waals surface area (Å²) in [5.41, 5.74) is 4.13. The summed E-state index contributed by atoms with van der Waals surface area (Å²) in [4.78, 5) is 33.2. The van der Waals surface area contributed by atoms with Crippen molar-refractivity contribution >= 4 is 17.4 Å². The van der Waals surface area contributed by atoms with Crippen molar-refractivity contribution < 1.29 is 19.1 Å². The van der Waals surface area contributed by atoms with E-state index in [0.29, 0.717) is 30.0 Å². The van der Waals surface area contributed by atoms with Crippen molar-refractivity contribution in [1.29, 1.82) is 0 Å². The quantitative estimate of drug-likeness (QED) is 0.542. The molecule has 172 valence electrons. The molecule has 2 aromatic carbocycles. The molecule has 2 heterocycles. The molecule has 6 heteroatoms. The van der Waals surface area contributed by atoms with Gasteiger partial charge in [0.15, 0.2) is 5.78 Å². The first-order valence-corrected chi connectivity index (χ1v) is 11.4. The van der Waals surface area contributed by atoms with Crippen LogP contribution in [-0.4, -0.2) is 30.9 Å². The molecule has 2 aliphatic rings. The van der Waals surface area contributed by atoms with Gasteiger partial charge in [-0.1, -0.05) is 30.3 Å². The third-order valence-electron chi connectivity index (χ3n) is 6.74. The smallest absolute Gasteiger partial charge is 0.232 e. The molecule has 1 aromatic heterocycles. The Morgan fingerprint density at radius 1 is 0.853 bits per heavy atom. The number of ether oxygens (including phenoxy) is 2. The van der Waals surface area contributed by atoms with Crippen LogP contribution in [0.3, 0.4) is 0 Å². The van der Waals surface area contributed by atoms with Gasteiger partial charge in [-0.05, 0) is 47.7 Å². The van der Waals surface area contributed by atoms with Crippen LogP contribution in [0.2, 0.25) is 0 Å². The first-order chi connectivity index (χ1) is 16.6. The molecule has 2 atom stereocenters. The number of benzene rings is 2. The average Bonchev–Trinajstić information content (AvgIpc) is 2.89. The lowest BCUT2D eigenvalue weighted by Gasteiger charge is -2.40. The zero-order chi connectivity index (χ0) is 23.7. The fourth-order valence-corrected chi connectivity index (χ4v) is 5.13. The predicted octanol–water partition coefficient (Wildman–Crippen LogP) is 5.02. The van der Waals surface area contributed by atoms with Crippen LogP contribution in [0.15, 0.2) is 84.3 Å². The van der Waals surface area contributed by atoms with Gasteiger partial charge in [-0.25, -0.2) is 0 Å². The first-order valence-electron chi connectivity index (χ1n) is 11.4. The van der Waals surface area contributed by atoms with Gasteiger partial charge in [0, 0.05) is 48.5 Å². The number of allylic oxidation sites excluding steroid dienone is 2. The van der Waals surface area contributed by atoms with Gasteiger partial charge in [0.1, 0.15) is 11.5 Å². The van der Waals surface area contributed by atoms with Crippen molar-refractivity contribution in [2.24, 2.45) is 0 Å².